The number of allylic oxidation sites excluding steroid dienone is 2. The van der Waals surface area contributed by atoms with Gasteiger partial charge in [0.25, 0.3) is 0 Å². The van der Waals surface area contributed by atoms with Crippen molar-refractivity contribution in [3.8, 4) is 0 Å². The molecule has 1 aromatic heterocycles. The van der Waals surface area contributed by atoms with Crippen molar-refractivity contribution in [2.45, 2.75) is 13.8 Å². The molecule has 2 aromatic rings. The summed E-state index contributed by atoms with van der Waals surface area (Å²) in [6.45, 7) is 3.62. The van der Waals surface area contributed by atoms with Crippen LogP contribution in [0.2, 0.25) is 5.02 Å². The maximum absolute atomic E-state index is 11.9. The fraction of sp³-hybridized carbons (Fsp3) is 0.133. The average molecular weight is 276 g/mol. The monoisotopic (exact) mass is 275 g/mol. The Hall–Kier alpha value is -2.00. The minimum Gasteiger partial charge on any atom is -0.458 e. The molecule has 0 aliphatic heterocycles. The van der Waals surface area contributed by atoms with E-state index < -0.39 is 0 Å². The second-order valence-electron chi connectivity index (χ2n) is 4.24. The number of anilines is 1. The summed E-state index contributed by atoms with van der Waals surface area (Å²) in [7, 11) is 0. The van der Waals surface area contributed by atoms with Crippen LogP contribution in [-0.4, -0.2) is 5.78 Å². The van der Waals surface area contributed by atoms with Gasteiger partial charge in [-0.2, -0.15) is 0 Å². The number of furan rings is 1. The van der Waals surface area contributed by atoms with Crippen LogP contribution in [0.5, 0.6) is 0 Å². The largest absolute Gasteiger partial charge is 0.458 e. The zero-order valence-corrected chi connectivity index (χ0v) is 11.5. The molecule has 0 atom stereocenters. The summed E-state index contributed by atoms with van der Waals surface area (Å²) in [5.74, 6) is 0.891. The molecular weight excluding hydrogens is 262 g/mol. The lowest BCUT2D eigenvalue weighted by Crippen LogP contribution is -2.00. The number of carbonyl (C=O) groups excluding carboxylic acids is 1. The Bertz CT molecular complexity index is 629. The molecular formula is C15H14ClNO2. The van der Waals surface area contributed by atoms with Crippen molar-refractivity contribution in [3.05, 3.63) is 64.7 Å². The van der Waals surface area contributed by atoms with Crippen molar-refractivity contribution >= 4 is 23.1 Å². The zero-order valence-electron chi connectivity index (χ0n) is 10.7. The van der Waals surface area contributed by atoms with Gasteiger partial charge in [-0.1, -0.05) is 17.7 Å². The number of rotatable bonds is 4. The molecule has 0 aliphatic rings. The number of aryl methyl sites for hydroxylation is 1. The molecule has 3 nitrogen and oxygen atoms in total. The summed E-state index contributed by atoms with van der Waals surface area (Å²) in [6.07, 6.45) is 1.50. The molecule has 98 valence electrons. The highest BCUT2D eigenvalue weighted by Crippen LogP contribution is 2.17. The lowest BCUT2D eigenvalue weighted by Gasteiger charge is -2.06. The molecule has 4 heteroatoms. The lowest BCUT2D eigenvalue weighted by atomic mass is 10.2. The van der Waals surface area contributed by atoms with Gasteiger partial charge in [0.15, 0.2) is 5.76 Å². The number of nitrogens with one attached hydrogen (secondary N) is 1. The molecule has 0 amide bonds. The molecule has 0 unspecified atom stereocenters. The van der Waals surface area contributed by atoms with Crippen molar-refractivity contribution in [1.82, 2.24) is 0 Å². The van der Waals surface area contributed by atoms with Crippen molar-refractivity contribution in [2.75, 3.05) is 5.32 Å². The van der Waals surface area contributed by atoms with Crippen LogP contribution in [0.3, 0.4) is 0 Å². The van der Waals surface area contributed by atoms with Gasteiger partial charge in [-0.05, 0) is 44.2 Å². The molecule has 19 heavy (non-hydrogen) atoms. The number of halogens is 1. The third-order valence-corrected chi connectivity index (χ3v) is 2.73. The van der Waals surface area contributed by atoms with E-state index in [9.17, 15) is 4.79 Å². The Morgan fingerprint density at radius 1 is 1.32 bits per heavy atom. The fourth-order valence-corrected chi connectivity index (χ4v) is 1.86. The van der Waals surface area contributed by atoms with Crippen LogP contribution in [-0.2, 0) is 0 Å². The predicted octanol–water partition coefficient (Wildman–Crippen LogP) is 4.44. The molecule has 2 rings (SSSR count). The molecule has 0 bridgehead atoms. The maximum atomic E-state index is 11.9. The van der Waals surface area contributed by atoms with E-state index in [4.69, 9.17) is 16.0 Å². The third kappa shape index (κ3) is 3.73. The van der Waals surface area contributed by atoms with E-state index in [0.29, 0.717) is 10.8 Å². The molecule has 0 saturated heterocycles. The molecule has 0 radical (unpaired) electrons. The molecule has 1 aromatic carbocycles. The van der Waals surface area contributed by atoms with E-state index in [0.717, 1.165) is 17.1 Å². The first-order chi connectivity index (χ1) is 9.04. The van der Waals surface area contributed by atoms with E-state index in [1.54, 1.807) is 31.2 Å². The maximum Gasteiger partial charge on any atom is 0.222 e. The Morgan fingerprint density at radius 3 is 2.74 bits per heavy atom. The van der Waals surface area contributed by atoms with E-state index >= 15 is 0 Å². The van der Waals surface area contributed by atoms with Crippen molar-refractivity contribution in [2.24, 2.45) is 0 Å². The molecule has 0 saturated carbocycles. The fourth-order valence-electron chi connectivity index (χ4n) is 1.66. The van der Waals surface area contributed by atoms with E-state index in [1.807, 2.05) is 19.1 Å². The average Bonchev–Trinajstić information content (AvgIpc) is 2.75. The summed E-state index contributed by atoms with van der Waals surface area (Å²) in [5, 5.41) is 3.75. The van der Waals surface area contributed by atoms with Gasteiger partial charge < -0.3 is 9.73 Å². The highest BCUT2D eigenvalue weighted by atomic mass is 35.5. The molecule has 0 fully saturated rings. The second kappa shape index (κ2) is 5.76. The molecule has 0 spiro atoms. The van der Waals surface area contributed by atoms with Crippen LogP contribution in [0.1, 0.15) is 23.2 Å². The first kappa shape index (κ1) is 13.4. The van der Waals surface area contributed by atoms with E-state index in [-0.39, 0.29) is 5.78 Å². The molecule has 1 N–H and O–H groups in total. The summed E-state index contributed by atoms with van der Waals surface area (Å²) >= 11 is 5.89. The SMILES string of the molecule is C/C(=C\C(=O)c1ccc(C)o1)Nc1cccc(Cl)c1. The molecule has 1 heterocycles. The first-order valence-corrected chi connectivity index (χ1v) is 6.24. The minimum absolute atomic E-state index is 0.167. The Balaban J connectivity index is 2.09. The van der Waals surface area contributed by atoms with E-state index in [1.165, 1.54) is 6.08 Å². The number of carbonyl (C=O) groups is 1. The Labute approximate surface area is 116 Å². The van der Waals surface area contributed by atoms with Crippen LogP contribution in [0.15, 0.2) is 52.6 Å². The van der Waals surface area contributed by atoms with Gasteiger partial charge in [0, 0.05) is 22.5 Å². The summed E-state index contributed by atoms with van der Waals surface area (Å²) < 4.78 is 5.27. The number of hydrogen-bond acceptors (Lipinski definition) is 3. The van der Waals surface area contributed by atoms with Crippen LogP contribution < -0.4 is 5.32 Å². The Kier molecular flexibility index (Phi) is 4.07. The van der Waals surface area contributed by atoms with Gasteiger partial charge in [0.2, 0.25) is 5.78 Å². The van der Waals surface area contributed by atoms with Gasteiger partial charge in [-0.15, -0.1) is 0 Å². The first-order valence-electron chi connectivity index (χ1n) is 5.86. The number of hydrogen-bond donors (Lipinski definition) is 1. The second-order valence-corrected chi connectivity index (χ2v) is 4.67. The normalized spacial score (nSPS) is 11.4. The summed E-state index contributed by atoms with van der Waals surface area (Å²) in [5.41, 5.74) is 1.56. The standard InChI is InChI=1S/C15H14ClNO2/c1-10(17-13-5-3-4-12(16)9-13)8-14(18)15-7-6-11(2)19-15/h3-9,17H,1-2H3/b10-8+. The van der Waals surface area contributed by atoms with Crippen molar-refractivity contribution in [3.63, 3.8) is 0 Å². The van der Waals surface area contributed by atoms with Gasteiger partial charge in [0.1, 0.15) is 5.76 Å². The van der Waals surface area contributed by atoms with E-state index in [2.05, 4.69) is 5.32 Å². The van der Waals surface area contributed by atoms with Crippen LogP contribution in [0.4, 0.5) is 5.69 Å². The molecule has 0 aliphatic carbocycles. The third-order valence-electron chi connectivity index (χ3n) is 2.50. The van der Waals surface area contributed by atoms with Crippen molar-refractivity contribution in [1.29, 1.82) is 0 Å². The minimum atomic E-state index is -0.167. The van der Waals surface area contributed by atoms with Crippen LogP contribution in [0, 0.1) is 6.92 Å². The van der Waals surface area contributed by atoms with Crippen molar-refractivity contribution < 1.29 is 9.21 Å². The number of benzene rings is 1. The highest BCUT2D eigenvalue weighted by molar-refractivity contribution is 6.30. The van der Waals surface area contributed by atoms with Gasteiger partial charge >= 0.3 is 0 Å². The van der Waals surface area contributed by atoms with Crippen LogP contribution in [0.25, 0.3) is 0 Å². The topological polar surface area (TPSA) is 42.2 Å². The summed E-state index contributed by atoms with van der Waals surface area (Å²) in [4.78, 5) is 11.9. The predicted molar refractivity (Wildman–Crippen MR) is 76.6 cm³/mol. The number of ketones is 1. The van der Waals surface area contributed by atoms with Gasteiger partial charge in [-0.25, -0.2) is 0 Å². The highest BCUT2D eigenvalue weighted by Gasteiger charge is 2.07. The zero-order chi connectivity index (χ0) is 13.8. The summed E-state index contributed by atoms with van der Waals surface area (Å²) in [6, 6.07) is 10.7. The van der Waals surface area contributed by atoms with Gasteiger partial charge in [-0.3, -0.25) is 4.79 Å². The Morgan fingerprint density at radius 2 is 2.11 bits per heavy atom. The van der Waals surface area contributed by atoms with Crippen LogP contribution >= 0.6 is 11.6 Å². The lowest BCUT2D eigenvalue weighted by molar-refractivity contribution is 0.102. The quantitative estimate of drug-likeness (QED) is 0.662. The van der Waals surface area contributed by atoms with Gasteiger partial charge in [0.05, 0.1) is 0 Å². The smallest absolute Gasteiger partial charge is 0.222 e.